The lowest BCUT2D eigenvalue weighted by Crippen LogP contribution is -2.35. The van der Waals surface area contributed by atoms with Crippen molar-refractivity contribution in [3.63, 3.8) is 0 Å². The van der Waals surface area contributed by atoms with E-state index in [4.69, 9.17) is 11.6 Å². The van der Waals surface area contributed by atoms with Crippen LogP contribution in [-0.4, -0.2) is 0 Å². The van der Waals surface area contributed by atoms with Crippen LogP contribution in [-0.2, 0) is 5.41 Å². The highest BCUT2D eigenvalue weighted by molar-refractivity contribution is 6.30. The lowest BCUT2D eigenvalue weighted by atomic mass is 9.63. The van der Waals surface area contributed by atoms with Crippen LogP contribution in [0.2, 0.25) is 5.02 Å². The Balaban J connectivity index is 1.79. The fourth-order valence-electron chi connectivity index (χ4n) is 5.19. The molecule has 0 aliphatic carbocycles. The van der Waals surface area contributed by atoms with Crippen LogP contribution in [0, 0.1) is 11.3 Å². The molecule has 4 aromatic rings. The second-order valence-corrected chi connectivity index (χ2v) is 8.71. The molecule has 0 bridgehead atoms. The van der Waals surface area contributed by atoms with Crippen molar-refractivity contribution in [3.05, 3.63) is 143 Å². The first kappa shape index (κ1) is 20.5. The third-order valence-electron chi connectivity index (χ3n) is 6.58. The van der Waals surface area contributed by atoms with E-state index >= 15 is 0 Å². The largest absolute Gasteiger partial charge is 0.301 e. The molecule has 0 saturated carbocycles. The van der Waals surface area contributed by atoms with E-state index in [2.05, 4.69) is 72.0 Å². The van der Waals surface area contributed by atoms with Gasteiger partial charge in [-0.25, -0.2) is 0 Å². The SMILES string of the molecule is N#CC1(c2ccccc2)C(c2ccccc2)NC(c2ccc(Cl)cc2)C1c1ccccc1. The fourth-order valence-corrected chi connectivity index (χ4v) is 5.31. The number of benzene rings is 4. The maximum absolute atomic E-state index is 10.9. The summed E-state index contributed by atoms with van der Waals surface area (Å²) in [6.45, 7) is 0. The Morgan fingerprint density at radius 1 is 0.656 bits per heavy atom. The van der Waals surface area contributed by atoms with Crippen molar-refractivity contribution in [2.45, 2.75) is 23.4 Å². The quantitative estimate of drug-likeness (QED) is 0.376. The summed E-state index contributed by atoms with van der Waals surface area (Å²) in [5.74, 6) is -0.0949. The van der Waals surface area contributed by atoms with Crippen LogP contribution >= 0.6 is 11.6 Å². The summed E-state index contributed by atoms with van der Waals surface area (Å²) in [6, 6.07) is 41.5. The van der Waals surface area contributed by atoms with Crippen LogP contribution in [0.3, 0.4) is 0 Å². The van der Waals surface area contributed by atoms with E-state index in [1.807, 2.05) is 54.6 Å². The van der Waals surface area contributed by atoms with Gasteiger partial charge in [-0.3, -0.25) is 0 Å². The normalized spacial score (nSPS) is 24.7. The highest BCUT2D eigenvalue weighted by Crippen LogP contribution is 2.58. The molecule has 4 unspecified atom stereocenters. The minimum Gasteiger partial charge on any atom is -0.301 e. The lowest BCUT2D eigenvalue weighted by Gasteiger charge is -2.35. The average Bonchev–Trinajstić information content (AvgIpc) is 3.22. The Morgan fingerprint density at radius 2 is 1.19 bits per heavy atom. The zero-order valence-electron chi connectivity index (χ0n) is 17.5. The van der Waals surface area contributed by atoms with E-state index in [0.29, 0.717) is 5.02 Å². The Hall–Kier alpha value is -3.38. The van der Waals surface area contributed by atoms with Crippen molar-refractivity contribution >= 4 is 11.6 Å². The molecule has 1 aliphatic heterocycles. The van der Waals surface area contributed by atoms with Crippen molar-refractivity contribution in [2.75, 3.05) is 0 Å². The van der Waals surface area contributed by atoms with Crippen LogP contribution in [0.25, 0.3) is 0 Å². The summed E-state index contributed by atoms with van der Waals surface area (Å²) in [5.41, 5.74) is 3.60. The summed E-state index contributed by atoms with van der Waals surface area (Å²) in [6.07, 6.45) is 0. The molecule has 0 amide bonds. The van der Waals surface area contributed by atoms with Crippen LogP contribution in [0.4, 0.5) is 0 Å². The Morgan fingerprint density at radius 3 is 1.75 bits per heavy atom. The zero-order chi connectivity index (χ0) is 22.0. The molecule has 1 heterocycles. The van der Waals surface area contributed by atoms with E-state index in [1.165, 1.54) is 0 Å². The maximum atomic E-state index is 10.9. The smallest absolute Gasteiger partial charge is 0.110 e. The van der Waals surface area contributed by atoms with Gasteiger partial charge in [0.05, 0.1) is 12.1 Å². The van der Waals surface area contributed by atoms with Crippen molar-refractivity contribution in [3.8, 4) is 6.07 Å². The van der Waals surface area contributed by atoms with E-state index in [9.17, 15) is 5.26 Å². The van der Waals surface area contributed by atoms with E-state index in [-0.39, 0.29) is 18.0 Å². The maximum Gasteiger partial charge on any atom is 0.110 e. The molecule has 0 aromatic heterocycles. The number of hydrogen-bond donors (Lipinski definition) is 1. The van der Waals surface area contributed by atoms with Gasteiger partial charge < -0.3 is 5.32 Å². The molecular formula is C29H23ClN2. The van der Waals surface area contributed by atoms with E-state index in [1.54, 1.807) is 0 Å². The molecule has 0 radical (unpaired) electrons. The summed E-state index contributed by atoms with van der Waals surface area (Å²) < 4.78 is 0. The van der Waals surface area contributed by atoms with Gasteiger partial charge in [0, 0.05) is 17.0 Å². The third kappa shape index (κ3) is 3.41. The fraction of sp³-hybridized carbons (Fsp3) is 0.138. The van der Waals surface area contributed by atoms with Gasteiger partial charge in [0.2, 0.25) is 0 Å². The second-order valence-electron chi connectivity index (χ2n) is 8.27. The van der Waals surface area contributed by atoms with Crippen molar-refractivity contribution in [2.24, 2.45) is 0 Å². The van der Waals surface area contributed by atoms with Crippen molar-refractivity contribution in [1.29, 1.82) is 5.26 Å². The molecule has 3 heteroatoms. The lowest BCUT2D eigenvalue weighted by molar-refractivity contribution is 0.438. The third-order valence-corrected chi connectivity index (χ3v) is 6.83. The molecule has 1 fully saturated rings. The second kappa shape index (κ2) is 8.63. The molecular weight excluding hydrogens is 412 g/mol. The zero-order valence-corrected chi connectivity index (χ0v) is 18.3. The van der Waals surface area contributed by atoms with Crippen molar-refractivity contribution in [1.82, 2.24) is 5.32 Å². The van der Waals surface area contributed by atoms with Gasteiger partial charge in [-0.2, -0.15) is 5.26 Å². The Bertz CT molecular complexity index is 1220. The number of nitrogens with zero attached hydrogens (tertiary/aromatic N) is 1. The van der Waals surface area contributed by atoms with Gasteiger partial charge in [-0.05, 0) is 34.4 Å². The van der Waals surface area contributed by atoms with Gasteiger partial charge in [0.25, 0.3) is 0 Å². The van der Waals surface area contributed by atoms with Crippen LogP contribution in [0.5, 0.6) is 0 Å². The number of nitriles is 1. The minimum absolute atomic E-state index is 0.0558. The molecule has 5 rings (SSSR count). The van der Waals surface area contributed by atoms with Gasteiger partial charge in [0.1, 0.15) is 5.41 Å². The Kier molecular flexibility index (Phi) is 5.53. The van der Waals surface area contributed by atoms with Crippen LogP contribution < -0.4 is 5.32 Å². The molecule has 4 atom stereocenters. The minimum atomic E-state index is -0.797. The van der Waals surface area contributed by atoms with E-state index in [0.717, 1.165) is 22.3 Å². The van der Waals surface area contributed by atoms with Gasteiger partial charge in [-0.1, -0.05) is 115 Å². The topological polar surface area (TPSA) is 35.8 Å². The summed E-state index contributed by atoms with van der Waals surface area (Å²) in [5, 5.41) is 15.5. The molecule has 1 saturated heterocycles. The van der Waals surface area contributed by atoms with Gasteiger partial charge in [0.15, 0.2) is 0 Å². The molecule has 1 aliphatic rings. The molecule has 156 valence electrons. The highest BCUT2D eigenvalue weighted by Gasteiger charge is 2.57. The molecule has 4 aromatic carbocycles. The predicted octanol–water partition coefficient (Wildman–Crippen LogP) is 6.97. The number of hydrogen-bond acceptors (Lipinski definition) is 2. The van der Waals surface area contributed by atoms with Crippen molar-refractivity contribution < 1.29 is 0 Å². The Labute approximate surface area is 194 Å². The molecule has 1 N–H and O–H groups in total. The number of nitrogens with one attached hydrogen (secondary N) is 1. The van der Waals surface area contributed by atoms with Gasteiger partial charge >= 0.3 is 0 Å². The summed E-state index contributed by atoms with van der Waals surface area (Å²) in [4.78, 5) is 0. The number of halogens is 1. The predicted molar refractivity (Wildman–Crippen MR) is 129 cm³/mol. The molecule has 32 heavy (non-hydrogen) atoms. The monoisotopic (exact) mass is 434 g/mol. The summed E-state index contributed by atoms with van der Waals surface area (Å²) >= 11 is 6.20. The number of rotatable bonds is 4. The summed E-state index contributed by atoms with van der Waals surface area (Å²) in [7, 11) is 0. The average molecular weight is 435 g/mol. The molecule has 0 spiro atoms. The van der Waals surface area contributed by atoms with Crippen LogP contribution in [0.15, 0.2) is 115 Å². The molecule has 2 nitrogen and oxygen atoms in total. The standard InChI is InChI=1S/C29H23ClN2/c30-25-18-16-22(17-19-25)27-26(21-10-4-1-5-11-21)29(20-31,24-14-8-3-9-15-24)28(32-27)23-12-6-2-7-13-23/h1-19,26-28,32H. The first-order valence-electron chi connectivity index (χ1n) is 10.8. The van der Waals surface area contributed by atoms with Gasteiger partial charge in [-0.15, -0.1) is 0 Å². The van der Waals surface area contributed by atoms with E-state index < -0.39 is 5.41 Å². The highest BCUT2D eigenvalue weighted by atomic mass is 35.5. The van der Waals surface area contributed by atoms with Crippen LogP contribution in [0.1, 0.15) is 40.3 Å². The first-order valence-corrected chi connectivity index (χ1v) is 11.2. The first-order chi connectivity index (χ1) is 15.7.